The van der Waals surface area contributed by atoms with Gasteiger partial charge in [-0.15, -0.1) is 11.3 Å². The normalized spacial score (nSPS) is 15.8. The maximum absolute atomic E-state index is 12.6. The lowest BCUT2D eigenvalue weighted by Gasteiger charge is -2.39. The summed E-state index contributed by atoms with van der Waals surface area (Å²) in [5, 5.41) is 2.06. The SMILES string of the molecule is NC(=O)C1(Cc2ccc(-c3cccs3)cc2)CCN(C(=O)c2ccccn2)CC1. The molecule has 1 saturated heterocycles. The highest BCUT2D eigenvalue weighted by Crippen LogP contribution is 2.36. The van der Waals surface area contributed by atoms with Gasteiger partial charge in [-0.2, -0.15) is 0 Å². The molecule has 6 heteroatoms. The number of primary amides is 1. The first-order valence-corrected chi connectivity index (χ1v) is 10.6. The number of carbonyl (C=O) groups is 2. The van der Waals surface area contributed by atoms with Gasteiger partial charge in [0.2, 0.25) is 5.91 Å². The van der Waals surface area contributed by atoms with Crippen molar-refractivity contribution in [3.05, 3.63) is 77.4 Å². The zero-order chi connectivity index (χ0) is 20.3. The topological polar surface area (TPSA) is 76.3 Å². The highest BCUT2D eigenvalue weighted by molar-refractivity contribution is 7.13. The molecule has 1 aromatic carbocycles. The van der Waals surface area contributed by atoms with Gasteiger partial charge in [0, 0.05) is 24.2 Å². The van der Waals surface area contributed by atoms with Crippen LogP contribution in [0.2, 0.25) is 0 Å². The van der Waals surface area contributed by atoms with Crippen molar-refractivity contribution >= 4 is 23.2 Å². The van der Waals surface area contributed by atoms with Crippen LogP contribution >= 0.6 is 11.3 Å². The number of thiophene rings is 1. The summed E-state index contributed by atoms with van der Waals surface area (Å²) in [7, 11) is 0. The number of rotatable bonds is 5. The van der Waals surface area contributed by atoms with Crippen LogP contribution in [0.4, 0.5) is 0 Å². The fraction of sp³-hybridized carbons (Fsp3) is 0.261. The smallest absolute Gasteiger partial charge is 0.272 e. The van der Waals surface area contributed by atoms with Crippen LogP contribution in [0.1, 0.15) is 28.9 Å². The molecule has 2 aromatic heterocycles. The summed E-state index contributed by atoms with van der Waals surface area (Å²) < 4.78 is 0. The van der Waals surface area contributed by atoms with E-state index in [9.17, 15) is 9.59 Å². The molecule has 0 bridgehead atoms. The van der Waals surface area contributed by atoms with E-state index in [0.717, 1.165) is 5.56 Å². The fourth-order valence-corrected chi connectivity index (χ4v) is 4.65. The Labute approximate surface area is 174 Å². The average molecular weight is 406 g/mol. The Morgan fingerprint density at radius 2 is 1.79 bits per heavy atom. The lowest BCUT2D eigenvalue weighted by molar-refractivity contribution is -0.130. The van der Waals surface area contributed by atoms with Crippen molar-refractivity contribution in [1.29, 1.82) is 0 Å². The summed E-state index contributed by atoms with van der Waals surface area (Å²) in [5.41, 5.74) is 7.92. The Morgan fingerprint density at radius 3 is 2.38 bits per heavy atom. The first-order valence-electron chi connectivity index (χ1n) is 9.70. The fourth-order valence-electron chi connectivity index (χ4n) is 3.92. The number of carbonyl (C=O) groups excluding carboxylic acids is 2. The zero-order valence-electron chi connectivity index (χ0n) is 16.1. The van der Waals surface area contributed by atoms with Gasteiger partial charge in [0.15, 0.2) is 0 Å². The van der Waals surface area contributed by atoms with Gasteiger partial charge in [-0.25, -0.2) is 0 Å². The standard InChI is InChI=1S/C23H23N3O2S/c24-22(28)23(16-17-6-8-18(9-7-17)20-5-3-15-29-20)10-13-26(14-11-23)21(27)19-4-1-2-12-25-19/h1-9,12,15H,10-11,13-14,16H2,(H2,24,28). The van der Waals surface area contributed by atoms with Gasteiger partial charge in [0.1, 0.15) is 5.69 Å². The predicted octanol–water partition coefficient (Wildman–Crippen LogP) is 3.76. The third-order valence-electron chi connectivity index (χ3n) is 5.72. The molecule has 4 rings (SSSR count). The highest BCUT2D eigenvalue weighted by Gasteiger charge is 2.41. The third kappa shape index (κ3) is 4.07. The Hall–Kier alpha value is -2.99. The van der Waals surface area contributed by atoms with Gasteiger partial charge in [-0.1, -0.05) is 36.4 Å². The van der Waals surface area contributed by atoms with E-state index in [-0.39, 0.29) is 11.8 Å². The number of benzene rings is 1. The molecule has 5 nitrogen and oxygen atoms in total. The van der Waals surface area contributed by atoms with Gasteiger partial charge in [-0.05, 0) is 54.0 Å². The van der Waals surface area contributed by atoms with Crippen molar-refractivity contribution in [3.8, 4) is 10.4 Å². The second-order valence-corrected chi connectivity index (χ2v) is 8.45. The second-order valence-electron chi connectivity index (χ2n) is 7.50. The molecule has 148 valence electrons. The van der Waals surface area contributed by atoms with E-state index in [1.54, 1.807) is 40.6 Å². The molecule has 3 heterocycles. The monoisotopic (exact) mass is 405 g/mol. The number of nitrogens with two attached hydrogens (primary N) is 1. The predicted molar refractivity (Wildman–Crippen MR) is 114 cm³/mol. The number of aromatic nitrogens is 1. The van der Waals surface area contributed by atoms with Crippen molar-refractivity contribution in [3.63, 3.8) is 0 Å². The molecule has 0 aliphatic carbocycles. The van der Waals surface area contributed by atoms with Crippen molar-refractivity contribution in [1.82, 2.24) is 9.88 Å². The third-order valence-corrected chi connectivity index (χ3v) is 6.64. The number of pyridine rings is 1. The Morgan fingerprint density at radius 1 is 1.03 bits per heavy atom. The minimum absolute atomic E-state index is 0.0935. The molecule has 2 N–H and O–H groups in total. The van der Waals surface area contributed by atoms with Crippen molar-refractivity contribution in [2.24, 2.45) is 11.1 Å². The first kappa shape index (κ1) is 19.3. The maximum Gasteiger partial charge on any atom is 0.272 e. The molecular weight excluding hydrogens is 382 g/mol. The van der Waals surface area contributed by atoms with E-state index in [1.165, 1.54) is 10.4 Å². The largest absolute Gasteiger partial charge is 0.369 e. The van der Waals surface area contributed by atoms with Gasteiger partial charge in [0.25, 0.3) is 5.91 Å². The molecule has 29 heavy (non-hydrogen) atoms. The van der Waals surface area contributed by atoms with Crippen LogP contribution in [-0.2, 0) is 11.2 Å². The molecule has 1 aliphatic heterocycles. The van der Waals surface area contributed by atoms with Crippen LogP contribution in [0.3, 0.4) is 0 Å². The maximum atomic E-state index is 12.6. The summed E-state index contributed by atoms with van der Waals surface area (Å²) in [6, 6.07) is 17.8. The number of nitrogens with zero attached hydrogens (tertiary/aromatic N) is 2. The minimum Gasteiger partial charge on any atom is -0.369 e. The zero-order valence-corrected chi connectivity index (χ0v) is 16.9. The Bertz CT molecular complexity index is 977. The van der Waals surface area contributed by atoms with Crippen LogP contribution in [0, 0.1) is 5.41 Å². The number of piperidine rings is 1. The van der Waals surface area contributed by atoms with Crippen LogP contribution in [0.25, 0.3) is 10.4 Å². The average Bonchev–Trinajstić information content (AvgIpc) is 3.30. The molecule has 0 saturated carbocycles. The van der Waals surface area contributed by atoms with Crippen molar-refractivity contribution in [2.45, 2.75) is 19.3 Å². The summed E-state index contributed by atoms with van der Waals surface area (Å²) in [6.07, 6.45) is 3.34. The van der Waals surface area contributed by atoms with E-state index < -0.39 is 5.41 Å². The van der Waals surface area contributed by atoms with Crippen LogP contribution < -0.4 is 5.73 Å². The molecule has 0 atom stereocenters. The Kier molecular flexibility index (Phi) is 5.45. The lowest BCUT2D eigenvalue weighted by atomic mass is 9.73. The molecule has 0 radical (unpaired) electrons. The molecule has 0 spiro atoms. The van der Waals surface area contributed by atoms with Crippen LogP contribution in [-0.4, -0.2) is 34.8 Å². The quantitative estimate of drug-likeness (QED) is 0.702. The summed E-state index contributed by atoms with van der Waals surface area (Å²) in [5.74, 6) is -0.381. The molecular formula is C23H23N3O2S. The van der Waals surface area contributed by atoms with Crippen LogP contribution in [0.5, 0.6) is 0 Å². The van der Waals surface area contributed by atoms with Gasteiger partial charge in [-0.3, -0.25) is 14.6 Å². The van der Waals surface area contributed by atoms with E-state index in [0.29, 0.717) is 38.0 Å². The van der Waals surface area contributed by atoms with Crippen LogP contribution in [0.15, 0.2) is 66.2 Å². The van der Waals surface area contributed by atoms with E-state index in [1.807, 2.05) is 6.07 Å². The van der Waals surface area contributed by atoms with E-state index >= 15 is 0 Å². The Balaban J connectivity index is 1.45. The van der Waals surface area contributed by atoms with E-state index in [2.05, 4.69) is 40.7 Å². The summed E-state index contributed by atoms with van der Waals surface area (Å²) >= 11 is 1.71. The molecule has 0 unspecified atom stereocenters. The van der Waals surface area contributed by atoms with Gasteiger partial charge >= 0.3 is 0 Å². The van der Waals surface area contributed by atoms with E-state index in [4.69, 9.17) is 5.73 Å². The molecule has 2 amide bonds. The second kappa shape index (κ2) is 8.17. The first-order chi connectivity index (χ1) is 14.1. The van der Waals surface area contributed by atoms with Gasteiger partial charge < -0.3 is 10.6 Å². The van der Waals surface area contributed by atoms with Crippen molar-refractivity contribution < 1.29 is 9.59 Å². The van der Waals surface area contributed by atoms with Gasteiger partial charge in [0.05, 0.1) is 5.41 Å². The lowest BCUT2D eigenvalue weighted by Crippen LogP contribution is -2.50. The number of hydrogen-bond acceptors (Lipinski definition) is 4. The molecule has 1 fully saturated rings. The van der Waals surface area contributed by atoms with Crippen molar-refractivity contribution in [2.75, 3.05) is 13.1 Å². The summed E-state index contributed by atoms with van der Waals surface area (Å²) in [6.45, 7) is 1.01. The number of hydrogen-bond donors (Lipinski definition) is 1. The number of likely N-dealkylation sites (tertiary alicyclic amines) is 1. The summed E-state index contributed by atoms with van der Waals surface area (Å²) in [4.78, 5) is 32.2. The molecule has 1 aliphatic rings. The number of amides is 2. The highest BCUT2D eigenvalue weighted by atomic mass is 32.1. The minimum atomic E-state index is -0.620. The molecule has 3 aromatic rings.